The van der Waals surface area contributed by atoms with E-state index in [1.807, 2.05) is 0 Å². The van der Waals surface area contributed by atoms with Gasteiger partial charge in [-0.15, -0.1) is 5.10 Å². The first-order valence-electron chi connectivity index (χ1n) is 5.64. The number of methoxy groups -OCH3 is 1. The van der Waals surface area contributed by atoms with E-state index in [0.29, 0.717) is 17.1 Å². The summed E-state index contributed by atoms with van der Waals surface area (Å²) in [4.78, 5) is 4.15. The first kappa shape index (κ1) is 11.5. The molecule has 3 rings (SSSR count). The molecule has 0 aliphatic heterocycles. The van der Waals surface area contributed by atoms with E-state index >= 15 is 0 Å². The van der Waals surface area contributed by atoms with Crippen LogP contribution < -0.4 is 10.5 Å². The second-order valence-electron chi connectivity index (χ2n) is 4.01. The molecule has 0 radical (unpaired) electrons. The maximum absolute atomic E-state index is 13.3. The van der Waals surface area contributed by atoms with Crippen LogP contribution in [0, 0.1) is 5.82 Å². The van der Waals surface area contributed by atoms with Crippen molar-refractivity contribution in [2.45, 2.75) is 0 Å². The number of hydrogen-bond acceptors (Lipinski definition) is 4. The molecular weight excluding hydrogens is 247 g/mol. The Bertz CT molecular complexity index is 753. The van der Waals surface area contributed by atoms with Gasteiger partial charge in [-0.3, -0.25) is 0 Å². The normalized spacial score (nSPS) is 10.8. The zero-order chi connectivity index (χ0) is 13.4. The molecule has 96 valence electrons. The van der Waals surface area contributed by atoms with E-state index in [1.54, 1.807) is 24.3 Å². The van der Waals surface area contributed by atoms with Crippen molar-refractivity contribution in [2.75, 3.05) is 12.8 Å². The van der Waals surface area contributed by atoms with E-state index < -0.39 is 0 Å². The summed E-state index contributed by atoms with van der Waals surface area (Å²) >= 11 is 0. The zero-order valence-corrected chi connectivity index (χ0v) is 10.2. The highest BCUT2D eigenvalue weighted by Crippen LogP contribution is 2.27. The predicted octanol–water partition coefficient (Wildman–Crippen LogP) is 2.13. The number of nitrogens with two attached hydrogens (primary N) is 1. The van der Waals surface area contributed by atoms with E-state index in [1.165, 1.54) is 23.8 Å². The van der Waals surface area contributed by atoms with E-state index in [0.717, 1.165) is 5.56 Å². The van der Waals surface area contributed by atoms with Crippen LogP contribution in [-0.2, 0) is 0 Å². The summed E-state index contributed by atoms with van der Waals surface area (Å²) in [5.74, 6) is 0.348. The van der Waals surface area contributed by atoms with Crippen LogP contribution in [0.2, 0.25) is 0 Å². The summed E-state index contributed by atoms with van der Waals surface area (Å²) in [6.45, 7) is 0. The maximum atomic E-state index is 13.3. The number of rotatable bonds is 2. The summed E-state index contributed by atoms with van der Waals surface area (Å²) in [7, 11) is 1.54. The lowest BCUT2D eigenvalue weighted by molar-refractivity contribution is 0.386. The van der Waals surface area contributed by atoms with Crippen LogP contribution in [-0.4, -0.2) is 21.7 Å². The van der Waals surface area contributed by atoms with Crippen LogP contribution in [0.15, 0.2) is 36.4 Å². The Hall–Kier alpha value is -2.63. The lowest BCUT2D eigenvalue weighted by Crippen LogP contribution is -1.97. The SMILES string of the molecule is COc1ccc(-c2cccc(F)c2)c2nc(N)nn12. The molecule has 0 saturated carbocycles. The van der Waals surface area contributed by atoms with Crippen LogP contribution in [0.3, 0.4) is 0 Å². The van der Waals surface area contributed by atoms with Gasteiger partial charge in [0.2, 0.25) is 11.8 Å². The summed E-state index contributed by atoms with van der Waals surface area (Å²) in [5, 5.41) is 4.06. The van der Waals surface area contributed by atoms with Gasteiger partial charge in [0.1, 0.15) is 5.82 Å². The molecule has 0 unspecified atom stereocenters. The highest BCUT2D eigenvalue weighted by atomic mass is 19.1. The standard InChI is InChI=1S/C13H11FN4O/c1-19-11-6-5-10(8-3-2-4-9(14)7-8)12-16-13(15)17-18(11)12/h2-7H,1H3,(H2,15,17). The number of pyridine rings is 1. The second kappa shape index (κ2) is 4.24. The lowest BCUT2D eigenvalue weighted by Gasteiger charge is -2.06. The average Bonchev–Trinajstić information content (AvgIpc) is 2.78. The van der Waals surface area contributed by atoms with Gasteiger partial charge in [-0.1, -0.05) is 12.1 Å². The van der Waals surface area contributed by atoms with E-state index in [4.69, 9.17) is 10.5 Å². The molecule has 0 spiro atoms. The number of fused-ring (bicyclic) bond motifs is 1. The zero-order valence-electron chi connectivity index (χ0n) is 10.2. The number of hydrogen-bond donors (Lipinski definition) is 1. The fraction of sp³-hybridized carbons (Fsp3) is 0.0769. The molecule has 0 amide bonds. The third-order valence-electron chi connectivity index (χ3n) is 2.81. The number of aromatic nitrogens is 3. The topological polar surface area (TPSA) is 65.4 Å². The van der Waals surface area contributed by atoms with Gasteiger partial charge in [-0.25, -0.2) is 4.39 Å². The number of nitrogen functional groups attached to an aromatic ring is 1. The van der Waals surface area contributed by atoms with Crippen LogP contribution in [0.5, 0.6) is 5.88 Å². The summed E-state index contributed by atoms with van der Waals surface area (Å²) in [5.41, 5.74) is 7.60. The van der Waals surface area contributed by atoms with Crippen molar-refractivity contribution in [1.29, 1.82) is 0 Å². The third kappa shape index (κ3) is 1.87. The van der Waals surface area contributed by atoms with E-state index in [9.17, 15) is 4.39 Å². The van der Waals surface area contributed by atoms with Crippen molar-refractivity contribution < 1.29 is 9.13 Å². The molecule has 2 heterocycles. The van der Waals surface area contributed by atoms with E-state index in [-0.39, 0.29) is 11.8 Å². The summed E-state index contributed by atoms with van der Waals surface area (Å²) in [6, 6.07) is 9.81. The van der Waals surface area contributed by atoms with Gasteiger partial charge in [0.25, 0.3) is 0 Å². The minimum absolute atomic E-state index is 0.141. The molecule has 0 bridgehead atoms. The third-order valence-corrected chi connectivity index (χ3v) is 2.81. The number of benzene rings is 1. The smallest absolute Gasteiger partial charge is 0.240 e. The van der Waals surface area contributed by atoms with Gasteiger partial charge in [0.15, 0.2) is 5.65 Å². The quantitative estimate of drug-likeness (QED) is 0.764. The van der Waals surface area contributed by atoms with Crippen molar-refractivity contribution in [1.82, 2.24) is 14.6 Å². The fourth-order valence-electron chi connectivity index (χ4n) is 1.99. The first-order valence-corrected chi connectivity index (χ1v) is 5.64. The van der Waals surface area contributed by atoms with Crippen molar-refractivity contribution in [3.63, 3.8) is 0 Å². The minimum atomic E-state index is -0.307. The molecule has 0 atom stereocenters. The van der Waals surface area contributed by atoms with Gasteiger partial charge < -0.3 is 10.5 Å². The summed E-state index contributed by atoms with van der Waals surface area (Å²) < 4.78 is 20.0. The molecule has 6 heteroatoms. The molecule has 0 aliphatic rings. The lowest BCUT2D eigenvalue weighted by atomic mass is 10.1. The van der Waals surface area contributed by atoms with Gasteiger partial charge in [0, 0.05) is 11.6 Å². The van der Waals surface area contributed by atoms with Crippen LogP contribution in [0.4, 0.5) is 10.3 Å². The van der Waals surface area contributed by atoms with Gasteiger partial charge in [0.05, 0.1) is 7.11 Å². The van der Waals surface area contributed by atoms with Crippen molar-refractivity contribution in [3.05, 3.63) is 42.2 Å². The van der Waals surface area contributed by atoms with Crippen molar-refractivity contribution in [3.8, 4) is 17.0 Å². The number of ether oxygens (including phenoxy) is 1. The van der Waals surface area contributed by atoms with Crippen LogP contribution in [0.1, 0.15) is 0 Å². The molecule has 2 N–H and O–H groups in total. The second-order valence-corrected chi connectivity index (χ2v) is 4.01. The number of halogens is 1. The monoisotopic (exact) mass is 258 g/mol. The molecule has 0 fully saturated rings. The molecule has 2 aromatic heterocycles. The Morgan fingerprint density at radius 3 is 2.84 bits per heavy atom. The summed E-state index contributed by atoms with van der Waals surface area (Å²) in [6.07, 6.45) is 0. The number of anilines is 1. The highest BCUT2D eigenvalue weighted by Gasteiger charge is 2.12. The Labute approximate surface area is 108 Å². The minimum Gasteiger partial charge on any atom is -0.481 e. The molecule has 3 aromatic rings. The van der Waals surface area contributed by atoms with Crippen molar-refractivity contribution in [2.24, 2.45) is 0 Å². The van der Waals surface area contributed by atoms with Crippen LogP contribution in [0.25, 0.3) is 16.8 Å². The Morgan fingerprint density at radius 2 is 2.11 bits per heavy atom. The van der Waals surface area contributed by atoms with Gasteiger partial charge in [-0.05, 0) is 23.8 Å². The fourth-order valence-corrected chi connectivity index (χ4v) is 1.99. The Balaban J connectivity index is 2.30. The first-order chi connectivity index (χ1) is 9.19. The average molecular weight is 258 g/mol. The maximum Gasteiger partial charge on any atom is 0.240 e. The molecule has 19 heavy (non-hydrogen) atoms. The molecule has 0 saturated heterocycles. The largest absolute Gasteiger partial charge is 0.481 e. The molecule has 5 nitrogen and oxygen atoms in total. The Kier molecular flexibility index (Phi) is 2.56. The van der Waals surface area contributed by atoms with Gasteiger partial charge >= 0.3 is 0 Å². The number of nitrogens with zero attached hydrogens (tertiary/aromatic N) is 3. The molecule has 0 aliphatic carbocycles. The molecule has 1 aromatic carbocycles. The van der Waals surface area contributed by atoms with Gasteiger partial charge in [-0.2, -0.15) is 9.50 Å². The highest BCUT2D eigenvalue weighted by molar-refractivity contribution is 5.78. The van der Waals surface area contributed by atoms with Crippen LogP contribution >= 0.6 is 0 Å². The Morgan fingerprint density at radius 1 is 1.26 bits per heavy atom. The molecular formula is C13H11FN4O. The predicted molar refractivity (Wildman–Crippen MR) is 69.3 cm³/mol. The van der Waals surface area contributed by atoms with Crippen molar-refractivity contribution >= 4 is 11.6 Å². The van der Waals surface area contributed by atoms with E-state index in [2.05, 4.69) is 10.1 Å².